The van der Waals surface area contributed by atoms with Gasteiger partial charge in [-0.2, -0.15) is 0 Å². The molecule has 1 fully saturated rings. The zero-order chi connectivity index (χ0) is 12.1. The zero-order valence-corrected chi connectivity index (χ0v) is 11.1. The number of para-hydroxylation sites is 1. The van der Waals surface area contributed by atoms with Crippen LogP contribution in [0.25, 0.3) is 0 Å². The van der Waals surface area contributed by atoms with Crippen molar-refractivity contribution in [3.63, 3.8) is 0 Å². The molecule has 0 radical (unpaired) electrons. The van der Waals surface area contributed by atoms with Gasteiger partial charge in [-0.1, -0.05) is 38.5 Å². The molecule has 1 heterocycles. The lowest BCUT2D eigenvalue weighted by atomic mass is 10.1. The molecule has 1 atom stereocenters. The molecule has 0 aliphatic carbocycles. The third-order valence-electron chi connectivity index (χ3n) is 3.53. The molecular formula is C15H24N2. The number of rotatable bonds is 5. The van der Waals surface area contributed by atoms with Gasteiger partial charge in [0.15, 0.2) is 0 Å². The molecule has 2 heteroatoms. The molecule has 1 N–H and O–H groups in total. The third kappa shape index (κ3) is 3.01. The van der Waals surface area contributed by atoms with E-state index in [1.54, 1.807) is 0 Å². The maximum absolute atomic E-state index is 3.55. The lowest BCUT2D eigenvalue weighted by Crippen LogP contribution is -2.32. The Morgan fingerprint density at radius 2 is 2.12 bits per heavy atom. The summed E-state index contributed by atoms with van der Waals surface area (Å²) in [5, 5.41) is 3.55. The van der Waals surface area contributed by atoms with Crippen LogP contribution in [0.3, 0.4) is 0 Å². The summed E-state index contributed by atoms with van der Waals surface area (Å²) in [4.78, 5) is 2.54. The van der Waals surface area contributed by atoms with E-state index in [1.807, 2.05) is 0 Å². The molecule has 1 aliphatic rings. The van der Waals surface area contributed by atoms with E-state index in [-0.39, 0.29) is 0 Å². The first-order valence-corrected chi connectivity index (χ1v) is 6.91. The van der Waals surface area contributed by atoms with Crippen LogP contribution in [0.2, 0.25) is 0 Å². The normalized spacial score (nSPS) is 19.9. The van der Waals surface area contributed by atoms with Gasteiger partial charge >= 0.3 is 0 Å². The van der Waals surface area contributed by atoms with Gasteiger partial charge in [-0.25, -0.2) is 0 Å². The van der Waals surface area contributed by atoms with Crippen LogP contribution in [0.15, 0.2) is 24.3 Å². The van der Waals surface area contributed by atoms with E-state index >= 15 is 0 Å². The van der Waals surface area contributed by atoms with Gasteiger partial charge in [0, 0.05) is 24.8 Å². The standard InChI is InChI=1S/C15H24N2/c1-3-7-13-8-5-6-9-15(13)17-11-10-14(12-17)16-4-2/h5-6,8-9,14,16H,3-4,7,10-12H2,1-2H3. The van der Waals surface area contributed by atoms with Gasteiger partial charge in [0.05, 0.1) is 0 Å². The molecule has 1 aliphatic heterocycles. The maximum Gasteiger partial charge on any atom is 0.0399 e. The minimum absolute atomic E-state index is 0.676. The topological polar surface area (TPSA) is 15.3 Å². The van der Waals surface area contributed by atoms with Crippen LogP contribution in [0.5, 0.6) is 0 Å². The highest BCUT2D eigenvalue weighted by atomic mass is 15.2. The number of nitrogens with one attached hydrogen (secondary N) is 1. The van der Waals surface area contributed by atoms with Crippen LogP contribution >= 0.6 is 0 Å². The molecule has 0 amide bonds. The average Bonchev–Trinajstić information content (AvgIpc) is 2.79. The molecule has 17 heavy (non-hydrogen) atoms. The molecule has 1 aromatic carbocycles. The number of likely N-dealkylation sites (N-methyl/N-ethyl adjacent to an activating group) is 1. The van der Waals surface area contributed by atoms with Gasteiger partial charge in [-0.15, -0.1) is 0 Å². The highest BCUT2D eigenvalue weighted by molar-refractivity contribution is 5.54. The smallest absolute Gasteiger partial charge is 0.0399 e. The van der Waals surface area contributed by atoms with E-state index < -0.39 is 0 Å². The maximum atomic E-state index is 3.55. The molecule has 2 nitrogen and oxygen atoms in total. The Morgan fingerprint density at radius 1 is 1.29 bits per heavy atom. The van der Waals surface area contributed by atoms with Crippen molar-refractivity contribution < 1.29 is 0 Å². The lowest BCUT2D eigenvalue weighted by Gasteiger charge is -2.22. The fourth-order valence-corrected chi connectivity index (χ4v) is 2.73. The largest absolute Gasteiger partial charge is 0.370 e. The summed E-state index contributed by atoms with van der Waals surface area (Å²) in [6.07, 6.45) is 3.69. The molecule has 2 rings (SSSR count). The molecule has 1 aromatic rings. The van der Waals surface area contributed by atoms with Crippen molar-refractivity contribution in [2.75, 3.05) is 24.5 Å². The summed E-state index contributed by atoms with van der Waals surface area (Å²) in [6, 6.07) is 9.55. The molecule has 1 saturated heterocycles. The van der Waals surface area contributed by atoms with E-state index in [9.17, 15) is 0 Å². The van der Waals surface area contributed by atoms with Gasteiger partial charge in [0.1, 0.15) is 0 Å². The summed E-state index contributed by atoms with van der Waals surface area (Å²) >= 11 is 0. The predicted octanol–water partition coefficient (Wildman–Crippen LogP) is 2.83. The summed E-state index contributed by atoms with van der Waals surface area (Å²) in [6.45, 7) is 7.87. The van der Waals surface area contributed by atoms with Crippen LogP contribution in [-0.4, -0.2) is 25.7 Å². The lowest BCUT2D eigenvalue weighted by molar-refractivity contribution is 0.572. The third-order valence-corrected chi connectivity index (χ3v) is 3.53. The van der Waals surface area contributed by atoms with E-state index in [0.29, 0.717) is 6.04 Å². The highest BCUT2D eigenvalue weighted by Gasteiger charge is 2.22. The number of nitrogens with zero attached hydrogens (tertiary/aromatic N) is 1. The predicted molar refractivity (Wildman–Crippen MR) is 74.7 cm³/mol. The summed E-state index contributed by atoms with van der Waals surface area (Å²) in [5.41, 5.74) is 2.96. The minimum atomic E-state index is 0.676. The van der Waals surface area contributed by atoms with E-state index in [0.717, 1.165) is 13.1 Å². The Morgan fingerprint density at radius 3 is 2.88 bits per heavy atom. The van der Waals surface area contributed by atoms with Crippen LogP contribution in [0.1, 0.15) is 32.3 Å². The first kappa shape index (κ1) is 12.4. The monoisotopic (exact) mass is 232 g/mol. The van der Waals surface area contributed by atoms with Crippen molar-refractivity contribution in [3.05, 3.63) is 29.8 Å². The van der Waals surface area contributed by atoms with Crippen LogP contribution in [0, 0.1) is 0 Å². The Hall–Kier alpha value is -1.02. The second kappa shape index (κ2) is 6.06. The van der Waals surface area contributed by atoms with Crippen molar-refractivity contribution in [3.8, 4) is 0 Å². The van der Waals surface area contributed by atoms with Crippen LogP contribution in [-0.2, 0) is 6.42 Å². The van der Waals surface area contributed by atoms with Gasteiger partial charge in [0.25, 0.3) is 0 Å². The summed E-state index contributed by atoms with van der Waals surface area (Å²) in [7, 11) is 0. The number of benzene rings is 1. The number of hydrogen-bond donors (Lipinski definition) is 1. The molecule has 0 aromatic heterocycles. The van der Waals surface area contributed by atoms with E-state index in [1.165, 1.54) is 37.1 Å². The Labute approximate surface area is 105 Å². The van der Waals surface area contributed by atoms with Crippen molar-refractivity contribution in [1.29, 1.82) is 0 Å². The Kier molecular flexibility index (Phi) is 4.43. The van der Waals surface area contributed by atoms with Crippen molar-refractivity contribution >= 4 is 5.69 Å². The Balaban J connectivity index is 2.07. The average molecular weight is 232 g/mol. The molecular weight excluding hydrogens is 208 g/mol. The fraction of sp³-hybridized carbons (Fsp3) is 0.600. The van der Waals surface area contributed by atoms with Crippen LogP contribution in [0.4, 0.5) is 5.69 Å². The molecule has 0 spiro atoms. The zero-order valence-electron chi connectivity index (χ0n) is 11.1. The van der Waals surface area contributed by atoms with Crippen molar-refractivity contribution in [2.45, 2.75) is 39.2 Å². The quantitative estimate of drug-likeness (QED) is 0.840. The van der Waals surface area contributed by atoms with Gasteiger partial charge < -0.3 is 10.2 Å². The second-order valence-electron chi connectivity index (χ2n) is 4.87. The number of hydrogen-bond acceptors (Lipinski definition) is 2. The van der Waals surface area contributed by atoms with Gasteiger partial charge in [-0.3, -0.25) is 0 Å². The highest BCUT2D eigenvalue weighted by Crippen LogP contribution is 2.25. The molecule has 94 valence electrons. The molecule has 1 unspecified atom stereocenters. The molecule has 0 bridgehead atoms. The van der Waals surface area contributed by atoms with Crippen LogP contribution < -0.4 is 10.2 Å². The number of anilines is 1. The van der Waals surface area contributed by atoms with Gasteiger partial charge in [0.2, 0.25) is 0 Å². The summed E-state index contributed by atoms with van der Waals surface area (Å²) < 4.78 is 0. The molecule has 0 saturated carbocycles. The SMILES string of the molecule is CCCc1ccccc1N1CCC(NCC)C1. The van der Waals surface area contributed by atoms with E-state index in [4.69, 9.17) is 0 Å². The first-order chi connectivity index (χ1) is 8.35. The van der Waals surface area contributed by atoms with Crippen molar-refractivity contribution in [2.24, 2.45) is 0 Å². The van der Waals surface area contributed by atoms with Crippen molar-refractivity contribution in [1.82, 2.24) is 5.32 Å². The Bertz CT molecular complexity index is 349. The van der Waals surface area contributed by atoms with Gasteiger partial charge in [-0.05, 0) is 31.0 Å². The fourth-order valence-electron chi connectivity index (χ4n) is 2.73. The number of aryl methyl sites for hydroxylation is 1. The van der Waals surface area contributed by atoms with E-state index in [2.05, 4.69) is 48.3 Å². The summed E-state index contributed by atoms with van der Waals surface area (Å²) in [5.74, 6) is 0. The first-order valence-electron chi connectivity index (χ1n) is 6.91. The second-order valence-corrected chi connectivity index (χ2v) is 4.87. The minimum Gasteiger partial charge on any atom is -0.370 e.